The Labute approximate surface area is 114 Å². The van der Waals surface area contributed by atoms with E-state index in [2.05, 4.69) is 31.4 Å². The molecule has 1 aromatic carbocycles. The minimum absolute atomic E-state index is 0.00437. The molecule has 6 nitrogen and oxygen atoms in total. The second kappa shape index (κ2) is 5.19. The SMILES string of the molecule is O=C(O)c1cc(NC(=O)c2ccc(Br)cc2F)n[nH]1. The number of anilines is 1. The Bertz CT molecular complexity index is 656. The van der Waals surface area contributed by atoms with Crippen LogP contribution in [0.25, 0.3) is 0 Å². The van der Waals surface area contributed by atoms with E-state index in [0.29, 0.717) is 4.47 Å². The summed E-state index contributed by atoms with van der Waals surface area (Å²) < 4.78 is 14.0. The maximum absolute atomic E-state index is 13.5. The summed E-state index contributed by atoms with van der Waals surface area (Å²) in [4.78, 5) is 22.4. The number of H-pyrrole nitrogens is 1. The maximum atomic E-state index is 13.5. The topological polar surface area (TPSA) is 95.1 Å². The first-order valence-corrected chi connectivity index (χ1v) is 5.82. The van der Waals surface area contributed by atoms with Gasteiger partial charge < -0.3 is 10.4 Å². The average molecular weight is 328 g/mol. The van der Waals surface area contributed by atoms with Crippen LogP contribution in [-0.4, -0.2) is 27.2 Å². The van der Waals surface area contributed by atoms with Crippen molar-refractivity contribution in [2.24, 2.45) is 0 Å². The number of carbonyl (C=O) groups is 2. The number of amides is 1. The molecule has 19 heavy (non-hydrogen) atoms. The number of benzene rings is 1. The third kappa shape index (κ3) is 2.97. The molecule has 1 aromatic heterocycles. The van der Waals surface area contributed by atoms with Crippen molar-refractivity contribution in [3.8, 4) is 0 Å². The Balaban J connectivity index is 2.18. The minimum atomic E-state index is -1.21. The van der Waals surface area contributed by atoms with Gasteiger partial charge in [0.25, 0.3) is 5.91 Å². The van der Waals surface area contributed by atoms with Gasteiger partial charge in [0.15, 0.2) is 5.82 Å². The Morgan fingerprint density at radius 2 is 2.11 bits per heavy atom. The van der Waals surface area contributed by atoms with Crippen molar-refractivity contribution in [3.63, 3.8) is 0 Å². The second-order valence-corrected chi connectivity index (χ2v) is 4.47. The van der Waals surface area contributed by atoms with E-state index in [-0.39, 0.29) is 17.1 Å². The summed E-state index contributed by atoms with van der Waals surface area (Å²) in [5, 5.41) is 16.8. The second-order valence-electron chi connectivity index (χ2n) is 3.55. The Hall–Kier alpha value is -2.22. The highest BCUT2D eigenvalue weighted by Crippen LogP contribution is 2.16. The van der Waals surface area contributed by atoms with Crippen molar-refractivity contribution < 1.29 is 19.1 Å². The van der Waals surface area contributed by atoms with Crippen LogP contribution >= 0.6 is 15.9 Å². The number of carboxylic acids is 1. The lowest BCUT2D eigenvalue weighted by molar-refractivity contribution is 0.0690. The zero-order valence-corrected chi connectivity index (χ0v) is 10.9. The summed E-state index contributed by atoms with van der Waals surface area (Å²) in [7, 11) is 0. The lowest BCUT2D eigenvalue weighted by atomic mass is 10.2. The highest BCUT2D eigenvalue weighted by Gasteiger charge is 2.14. The summed E-state index contributed by atoms with van der Waals surface area (Å²) in [5.41, 5.74) is -0.338. The smallest absolute Gasteiger partial charge is 0.353 e. The molecule has 1 amide bonds. The van der Waals surface area contributed by atoms with E-state index in [0.717, 1.165) is 12.1 Å². The molecular formula is C11H7BrFN3O3. The van der Waals surface area contributed by atoms with Crippen LogP contribution in [0.15, 0.2) is 28.7 Å². The molecule has 2 rings (SSSR count). The Morgan fingerprint density at radius 3 is 2.68 bits per heavy atom. The monoisotopic (exact) mass is 327 g/mol. The number of hydrogen-bond acceptors (Lipinski definition) is 3. The number of rotatable bonds is 3. The number of carbonyl (C=O) groups excluding carboxylic acids is 1. The van der Waals surface area contributed by atoms with Crippen molar-refractivity contribution in [1.29, 1.82) is 0 Å². The fraction of sp³-hybridized carbons (Fsp3) is 0. The van der Waals surface area contributed by atoms with Crippen LogP contribution in [0.1, 0.15) is 20.8 Å². The standard InChI is InChI=1S/C11H7BrFN3O3/c12-5-1-2-6(7(13)3-5)10(17)14-9-4-8(11(18)19)15-16-9/h1-4H,(H,18,19)(H2,14,15,16,17). The largest absolute Gasteiger partial charge is 0.477 e. The van der Waals surface area contributed by atoms with Gasteiger partial charge in [0.05, 0.1) is 5.56 Å². The van der Waals surface area contributed by atoms with Crippen LogP contribution in [0, 0.1) is 5.82 Å². The molecule has 0 spiro atoms. The number of carboxylic acid groups (broad SMARTS) is 1. The van der Waals surface area contributed by atoms with Crippen molar-refractivity contribution in [2.45, 2.75) is 0 Å². The number of aromatic nitrogens is 2. The van der Waals surface area contributed by atoms with Crippen LogP contribution in [0.4, 0.5) is 10.2 Å². The van der Waals surface area contributed by atoms with Crippen LogP contribution < -0.4 is 5.32 Å². The van der Waals surface area contributed by atoms with E-state index in [4.69, 9.17) is 5.11 Å². The molecule has 0 saturated carbocycles. The molecule has 98 valence electrons. The molecule has 0 saturated heterocycles. The van der Waals surface area contributed by atoms with Crippen molar-refractivity contribution in [3.05, 3.63) is 45.8 Å². The maximum Gasteiger partial charge on any atom is 0.353 e. The van der Waals surface area contributed by atoms with E-state index in [1.807, 2.05) is 0 Å². The van der Waals surface area contributed by atoms with Gasteiger partial charge >= 0.3 is 5.97 Å². The van der Waals surface area contributed by atoms with E-state index in [9.17, 15) is 14.0 Å². The van der Waals surface area contributed by atoms with Gasteiger partial charge in [-0.2, -0.15) is 5.10 Å². The molecule has 0 aliphatic rings. The highest BCUT2D eigenvalue weighted by molar-refractivity contribution is 9.10. The van der Waals surface area contributed by atoms with Crippen LogP contribution in [0.2, 0.25) is 0 Å². The van der Waals surface area contributed by atoms with E-state index in [1.165, 1.54) is 12.1 Å². The quantitative estimate of drug-likeness (QED) is 0.805. The van der Waals surface area contributed by atoms with Gasteiger partial charge in [-0.15, -0.1) is 0 Å². The number of hydrogen-bond donors (Lipinski definition) is 3. The molecule has 3 N–H and O–H groups in total. The molecule has 0 bridgehead atoms. The summed E-state index contributed by atoms with van der Waals surface area (Å²) >= 11 is 3.08. The Morgan fingerprint density at radius 1 is 1.37 bits per heavy atom. The fourth-order valence-corrected chi connectivity index (χ4v) is 1.69. The molecule has 2 aromatic rings. The molecule has 1 heterocycles. The number of nitrogens with one attached hydrogen (secondary N) is 2. The van der Waals surface area contributed by atoms with Gasteiger partial charge in [0.1, 0.15) is 11.5 Å². The zero-order valence-electron chi connectivity index (χ0n) is 9.28. The van der Waals surface area contributed by atoms with Gasteiger partial charge in [-0.3, -0.25) is 9.89 Å². The first-order chi connectivity index (χ1) is 8.97. The minimum Gasteiger partial charge on any atom is -0.477 e. The van der Waals surface area contributed by atoms with E-state index < -0.39 is 17.7 Å². The predicted molar refractivity (Wildman–Crippen MR) is 67.6 cm³/mol. The molecule has 0 aliphatic heterocycles. The fourth-order valence-electron chi connectivity index (χ4n) is 1.35. The lowest BCUT2D eigenvalue weighted by Crippen LogP contribution is -2.14. The van der Waals surface area contributed by atoms with Crippen LogP contribution in [0.3, 0.4) is 0 Å². The van der Waals surface area contributed by atoms with E-state index >= 15 is 0 Å². The van der Waals surface area contributed by atoms with Crippen LogP contribution in [0.5, 0.6) is 0 Å². The number of aromatic carboxylic acids is 1. The summed E-state index contributed by atoms with van der Waals surface area (Å²) in [6, 6.07) is 5.11. The third-order valence-electron chi connectivity index (χ3n) is 2.23. The van der Waals surface area contributed by atoms with Crippen molar-refractivity contribution >= 4 is 33.6 Å². The molecule has 0 radical (unpaired) electrons. The van der Waals surface area contributed by atoms with Crippen LogP contribution in [-0.2, 0) is 0 Å². The van der Waals surface area contributed by atoms with Gasteiger partial charge in [-0.1, -0.05) is 15.9 Å². The molecular weight excluding hydrogens is 321 g/mol. The summed E-state index contributed by atoms with van der Waals surface area (Å²) in [5.74, 6) is -2.61. The van der Waals surface area contributed by atoms with Gasteiger partial charge in [-0.25, -0.2) is 9.18 Å². The Kier molecular flexibility index (Phi) is 3.61. The first-order valence-electron chi connectivity index (χ1n) is 5.02. The molecule has 0 atom stereocenters. The van der Waals surface area contributed by atoms with Gasteiger partial charge in [0.2, 0.25) is 0 Å². The number of aromatic amines is 1. The summed E-state index contributed by atoms with van der Waals surface area (Å²) in [6.45, 7) is 0. The zero-order chi connectivity index (χ0) is 14.0. The number of nitrogens with zero attached hydrogens (tertiary/aromatic N) is 1. The first kappa shape index (κ1) is 13.2. The van der Waals surface area contributed by atoms with Gasteiger partial charge in [0, 0.05) is 10.5 Å². The third-order valence-corrected chi connectivity index (χ3v) is 2.72. The molecule has 8 heteroatoms. The summed E-state index contributed by atoms with van der Waals surface area (Å²) in [6.07, 6.45) is 0. The van der Waals surface area contributed by atoms with Gasteiger partial charge in [-0.05, 0) is 18.2 Å². The molecule has 0 fully saturated rings. The number of halogens is 2. The molecule has 0 unspecified atom stereocenters. The van der Waals surface area contributed by atoms with E-state index in [1.54, 1.807) is 0 Å². The lowest BCUT2D eigenvalue weighted by Gasteiger charge is -2.03. The highest BCUT2D eigenvalue weighted by atomic mass is 79.9. The predicted octanol–water partition coefficient (Wildman–Crippen LogP) is 2.26. The normalized spacial score (nSPS) is 10.2. The van der Waals surface area contributed by atoms with Crippen molar-refractivity contribution in [2.75, 3.05) is 5.32 Å². The molecule has 0 aliphatic carbocycles. The van der Waals surface area contributed by atoms with Crippen molar-refractivity contribution in [1.82, 2.24) is 10.2 Å². The average Bonchev–Trinajstić information content (AvgIpc) is 2.77.